The van der Waals surface area contributed by atoms with Crippen molar-refractivity contribution in [1.82, 2.24) is 27.4 Å². The van der Waals surface area contributed by atoms with Crippen molar-refractivity contribution in [1.29, 1.82) is 0 Å². The molecule has 0 N–H and O–H groups in total. The summed E-state index contributed by atoms with van der Waals surface area (Å²) in [4.78, 5) is 0. The Morgan fingerprint density at radius 2 is 0.261 bits per heavy atom. The molecular formula is C136H90N6. The van der Waals surface area contributed by atoms with E-state index in [0.717, 1.165) is 0 Å². The first-order valence-corrected chi connectivity index (χ1v) is 48.8. The zero-order valence-electron chi connectivity index (χ0n) is 77.6. The molecule has 0 atom stereocenters. The molecule has 0 aliphatic rings. The van der Waals surface area contributed by atoms with Crippen molar-refractivity contribution < 1.29 is 0 Å². The number of hydrogen-bond acceptors (Lipinski definition) is 0. The van der Waals surface area contributed by atoms with Crippen LogP contribution in [0.2, 0.25) is 0 Å². The predicted octanol–water partition coefficient (Wildman–Crippen LogP) is 36.5. The third-order valence-corrected chi connectivity index (χ3v) is 28.9. The standard InChI is InChI=1S/C48H32N2.C46H30N2.C42H28N2/c1-3-12-33(13-4-1)36-14-11-17-40(30-36)50-46-21-10-8-19-42(46)44-32-38(27-29-48(44)50)35-24-22-34(23-25-35)37-26-28-47-43(31-37)41-18-7-9-20-45(41)49(47)39-15-5-2-6-16-39;1-2-12-37(13-3-1)47-43-16-8-6-14-39(43)41-29-35(23-26-45(41)47)32-18-20-33(21-19-32)36-24-27-46-42(30-36)40-15-7-9-17-44(40)48(46)38-25-22-31-10-4-5-11-34(31)28-38;1-2-11-29(12-3-1)31-13-10-14-34(27-31)44-41-20-9-6-17-37(41)38-28-32(23-26-42(38)44)30-21-24-33(25-22-30)43-39-18-7-4-15-35(39)36-16-5-8-19-40(36)43/h1-32H;1-30H;1-28H. The van der Waals surface area contributed by atoms with Crippen LogP contribution in [0.1, 0.15) is 0 Å². The van der Waals surface area contributed by atoms with Crippen LogP contribution in [-0.4, -0.2) is 27.4 Å². The lowest BCUT2D eigenvalue weighted by molar-refractivity contribution is 1.18. The van der Waals surface area contributed by atoms with Gasteiger partial charge in [-0.1, -0.05) is 370 Å². The molecule has 29 aromatic rings. The van der Waals surface area contributed by atoms with Gasteiger partial charge in [-0.15, -0.1) is 0 Å². The van der Waals surface area contributed by atoms with Crippen LogP contribution in [0, 0.1) is 0 Å². The molecule has 0 aliphatic carbocycles. The zero-order valence-corrected chi connectivity index (χ0v) is 77.6. The normalized spacial score (nSPS) is 11.7. The summed E-state index contributed by atoms with van der Waals surface area (Å²) in [6.45, 7) is 0. The lowest BCUT2D eigenvalue weighted by Crippen LogP contribution is -1.94. The van der Waals surface area contributed by atoms with Crippen LogP contribution >= 0.6 is 0 Å². The topological polar surface area (TPSA) is 29.6 Å². The molecule has 0 spiro atoms. The van der Waals surface area contributed by atoms with Crippen LogP contribution in [0.25, 0.3) is 254 Å². The van der Waals surface area contributed by atoms with Gasteiger partial charge in [0, 0.05) is 98.8 Å². The van der Waals surface area contributed by atoms with E-state index < -0.39 is 0 Å². The van der Waals surface area contributed by atoms with E-state index in [1.807, 2.05) is 0 Å². The van der Waals surface area contributed by atoms with E-state index in [4.69, 9.17) is 0 Å². The molecular weight excluding hydrogens is 1720 g/mol. The summed E-state index contributed by atoms with van der Waals surface area (Å²) in [5, 5.41) is 17.7. The number of benzene rings is 23. The first kappa shape index (κ1) is 82.6. The molecule has 6 heteroatoms. The molecule has 0 unspecified atom stereocenters. The average molecular weight is 1810 g/mol. The summed E-state index contributed by atoms with van der Waals surface area (Å²) in [6, 6.07) is 198. The van der Waals surface area contributed by atoms with E-state index in [9.17, 15) is 0 Å². The van der Waals surface area contributed by atoms with Crippen molar-refractivity contribution in [3.8, 4) is 112 Å². The van der Waals surface area contributed by atoms with E-state index in [1.54, 1.807) is 0 Å². The van der Waals surface area contributed by atoms with Gasteiger partial charge in [0.25, 0.3) is 0 Å². The monoisotopic (exact) mass is 1810 g/mol. The van der Waals surface area contributed by atoms with Gasteiger partial charge in [-0.3, -0.25) is 0 Å². The summed E-state index contributed by atoms with van der Waals surface area (Å²) in [7, 11) is 0. The SMILES string of the molecule is c1ccc(-c2cccc(-n3c4ccccc4c4cc(-c5ccc(-c6ccc7c(c6)c6ccccc6n7-c6ccccc6)cc5)ccc43)c2)cc1.c1ccc(-c2cccc(-n3c4ccccc4c4cc(-c5ccc(-n6c7ccccc7c7ccccc76)cc5)ccc43)c2)cc1.c1ccc(-n2c3ccccc3c3cc(-c4ccc(-c5ccc6c(c5)c5ccccc5n6-c5ccc6ccccc6c5)cc4)ccc32)cc1. The first-order valence-electron chi connectivity index (χ1n) is 48.8. The van der Waals surface area contributed by atoms with Gasteiger partial charge in [-0.25, -0.2) is 0 Å². The molecule has 0 bridgehead atoms. The first-order chi connectivity index (χ1) is 70.4. The molecule has 0 saturated heterocycles. The maximum atomic E-state index is 2.40. The molecule has 664 valence electrons. The summed E-state index contributed by atoms with van der Waals surface area (Å²) in [6.07, 6.45) is 0. The highest BCUT2D eigenvalue weighted by Crippen LogP contribution is 2.45. The minimum absolute atomic E-state index is 1.17. The second kappa shape index (κ2) is 34.7. The number of rotatable bonds is 13. The van der Waals surface area contributed by atoms with Gasteiger partial charge >= 0.3 is 0 Å². The Kier molecular flexibility index (Phi) is 20.2. The van der Waals surface area contributed by atoms with Crippen molar-refractivity contribution in [2.75, 3.05) is 0 Å². The van der Waals surface area contributed by atoms with Gasteiger partial charge in [-0.2, -0.15) is 0 Å². The van der Waals surface area contributed by atoms with Crippen LogP contribution in [-0.2, 0) is 0 Å². The van der Waals surface area contributed by atoms with Crippen molar-refractivity contribution in [2.45, 2.75) is 0 Å². The van der Waals surface area contributed by atoms with E-state index >= 15 is 0 Å². The third-order valence-electron chi connectivity index (χ3n) is 28.9. The Morgan fingerprint density at radius 1 is 0.0845 bits per heavy atom. The number of para-hydroxylation sites is 9. The number of aromatic nitrogens is 6. The molecule has 0 saturated carbocycles. The van der Waals surface area contributed by atoms with Crippen molar-refractivity contribution in [2.24, 2.45) is 0 Å². The Labute approximate surface area is 821 Å². The highest BCUT2D eigenvalue weighted by molar-refractivity contribution is 6.16. The maximum absolute atomic E-state index is 2.40. The van der Waals surface area contributed by atoms with Crippen LogP contribution < -0.4 is 0 Å². The van der Waals surface area contributed by atoms with Crippen LogP contribution in [0.3, 0.4) is 0 Å². The van der Waals surface area contributed by atoms with Gasteiger partial charge in [0.15, 0.2) is 0 Å². The third kappa shape index (κ3) is 14.3. The Morgan fingerprint density at radius 3 is 0.556 bits per heavy atom. The summed E-state index contributed by atoms with van der Waals surface area (Å²) >= 11 is 0. The zero-order chi connectivity index (χ0) is 93.7. The minimum atomic E-state index is 1.17. The fourth-order valence-electron chi connectivity index (χ4n) is 22.2. The second-order valence-corrected chi connectivity index (χ2v) is 37.0. The average Bonchev–Trinajstić information content (AvgIpc) is 1.60. The van der Waals surface area contributed by atoms with Crippen molar-refractivity contribution in [3.63, 3.8) is 0 Å². The van der Waals surface area contributed by atoms with Crippen molar-refractivity contribution in [3.05, 3.63) is 546 Å². The van der Waals surface area contributed by atoms with Gasteiger partial charge < -0.3 is 27.4 Å². The van der Waals surface area contributed by atoms with Gasteiger partial charge in [0.2, 0.25) is 0 Å². The Balaban J connectivity index is 0.000000107. The van der Waals surface area contributed by atoms with Crippen LogP contribution in [0.15, 0.2) is 546 Å². The predicted molar refractivity (Wildman–Crippen MR) is 601 cm³/mol. The quantitative estimate of drug-likeness (QED) is 0.110. The maximum Gasteiger partial charge on any atom is 0.0541 e. The van der Waals surface area contributed by atoms with Gasteiger partial charge in [0.1, 0.15) is 0 Å². The van der Waals surface area contributed by atoms with Crippen LogP contribution in [0.5, 0.6) is 0 Å². The molecule has 6 nitrogen and oxygen atoms in total. The van der Waals surface area contributed by atoms with E-state index in [0.29, 0.717) is 0 Å². The lowest BCUT2D eigenvalue weighted by Gasteiger charge is -2.11. The highest BCUT2D eigenvalue weighted by Gasteiger charge is 2.23. The number of hydrogen-bond donors (Lipinski definition) is 0. The molecule has 0 fully saturated rings. The van der Waals surface area contributed by atoms with Gasteiger partial charge in [-0.05, 0) is 265 Å². The fraction of sp³-hybridized carbons (Fsp3) is 0. The Bertz CT molecular complexity index is 9890. The molecule has 0 radical (unpaired) electrons. The van der Waals surface area contributed by atoms with Gasteiger partial charge in [0.05, 0.1) is 66.2 Å². The Hall–Kier alpha value is -18.9. The molecule has 0 amide bonds. The lowest BCUT2D eigenvalue weighted by atomic mass is 9.98. The number of nitrogens with zero attached hydrogens (tertiary/aromatic N) is 6. The summed E-state index contributed by atoms with van der Waals surface area (Å²) in [5.41, 5.74) is 38.7. The second-order valence-electron chi connectivity index (χ2n) is 37.0. The van der Waals surface area contributed by atoms with Crippen molar-refractivity contribution >= 4 is 142 Å². The molecule has 142 heavy (non-hydrogen) atoms. The van der Waals surface area contributed by atoms with E-state index in [1.165, 1.54) is 254 Å². The van der Waals surface area contributed by atoms with E-state index in [2.05, 4.69) is 573 Å². The molecule has 29 rings (SSSR count). The minimum Gasteiger partial charge on any atom is -0.309 e. The molecule has 6 aromatic heterocycles. The molecule has 23 aromatic carbocycles. The molecule has 6 heterocycles. The fourth-order valence-corrected chi connectivity index (χ4v) is 22.2. The van der Waals surface area contributed by atoms with Crippen LogP contribution in [0.4, 0.5) is 0 Å². The smallest absolute Gasteiger partial charge is 0.0541 e. The largest absolute Gasteiger partial charge is 0.309 e. The van der Waals surface area contributed by atoms with E-state index in [-0.39, 0.29) is 0 Å². The number of fused-ring (bicyclic) bond motifs is 19. The highest BCUT2D eigenvalue weighted by atomic mass is 15.0. The summed E-state index contributed by atoms with van der Waals surface area (Å²) < 4.78 is 14.3. The molecule has 0 aliphatic heterocycles. The summed E-state index contributed by atoms with van der Waals surface area (Å²) in [5.74, 6) is 0.